The summed E-state index contributed by atoms with van der Waals surface area (Å²) in [6.45, 7) is 2.25. The Morgan fingerprint density at radius 1 is 1.08 bits per heavy atom. The Bertz CT molecular complexity index is 890. The van der Waals surface area contributed by atoms with Crippen LogP contribution in [-0.4, -0.2) is 18.6 Å². The van der Waals surface area contributed by atoms with Crippen molar-refractivity contribution in [1.29, 1.82) is 0 Å². The molecule has 0 fully saturated rings. The van der Waals surface area contributed by atoms with Crippen LogP contribution in [0.3, 0.4) is 0 Å². The second-order valence-corrected chi connectivity index (χ2v) is 7.21. The molecule has 1 N–H and O–H groups in total. The number of fused-ring (bicyclic) bond motifs is 1. The van der Waals surface area contributed by atoms with E-state index in [1.807, 2.05) is 60.8 Å². The molecule has 4 nitrogen and oxygen atoms in total. The van der Waals surface area contributed by atoms with E-state index in [0.717, 1.165) is 10.4 Å². The van der Waals surface area contributed by atoms with Crippen LogP contribution in [0.15, 0.2) is 66.0 Å². The molecule has 1 aromatic heterocycles. The lowest BCUT2D eigenvalue weighted by atomic mass is 10.0. The van der Waals surface area contributed by atoms with Gasteiger partial charge in [0.25, 0.3) is 5.91 Å². The van der Waals surface area contributed by atoms with Crippen LogP contribution in [0.2, 0.25) is 0 Å². The number of benzene rings is 2. The number of carbonyl (C=O) groups excluding carboxylic acids is 1. The predicted molar refractivity (Wildman–Crippen MR) is 102 cm³/mol. The number of hydrogen-bond acceptors (Lipinski definition) is 4. The standard InChI is InChI=1S/C21H19NO3S/c1-14-8-10-15(11-9-14)20(19-7-4-12-26-19)22-21(23)18-13-24-16-5-2-3-6-17(16)25-18/h2-12,18,20H,13H2,1H3,(H,22,23)/t18-,20+/m1/s1. The van der Waals surface area contributed by atoms with E-state index in [1.165, 1.54) is 5.56 Å². The molecule has 4 rings (SSSR count). The highest BCUT2D eigenvalue weighted by molar-refractivity contribution is 7.10. The van der Waals surface area contributed by atoms with Crippen molar-refractivity contribution in [2.75, 3.05) is 6.61 Å². The number of carbonyl (C=O) groups is 1. The quantitative estimate of drug-likeness (QED) is 0.757. The fourth-order valence-corrected chi connectivity index (χ4v) is 3.72. The van der Waals surface area contributed by atoms with Crippen LogP contribution < -0.4 is 14.8 Å². The maximum Gasteiger partial charge on any atom is 0.265 e. The minimum absolute atomic E-state index is 0.182. The van der Waals surface area contributed by atoms with E-state index < -0.39 is 6.10 Å². The first-order chi connectivity index (χ1) is 12.7. The fourth-order valence-electron chi connectivity index (χ4n) is 2.92. The first-order valence-corrected chi connectivity index (χ1v) is 9.37. The lowest BCUT2D eigenvalue weighted by Crippen LogP contribution is -2.45. The number of thiophene rings is 1. The highest BCUT2D eigenvalue weighted by Crippen LogP contribution is 2.32. The zero-order valence-corrected chi connectivity index (χ0v) is 15.2. The van der Waals surface area contributed by atoms with Gasteiger partial charge in [0.05, 0.1) is 6.04 Å². The average molecular weight is 365 g/mol. The summed E-state index contributed by atoms with van der Waals surface area (Å²) in [7, 11) is 0. The molecule has 2 heterocycles. The lowest BCUT2D eigenvalue weighted by molar-refractivity contribution is -0.130. The van der Waals surface area contributed by atoms with Crippen LogP contribution in [-0.2, 0) is 4.79 Å². The van der Waals surface area contributed by atoms with E-state index in [1.54, 1.807) is 11.3 Å². The molecule has 26 heavy (non-hydrogen) atoms. The van der Waals surface area contributed by atoms with Crippen molar-refractivity contribution >= 4 is 17.2 Å². The number of nitrogens with one attached hydrogen (secondary N) is 1. The normalized spacial score (nSPS) is 16.7. The average Bonchev–Trinajstić information content (AvgIpc) is 3.21. The molecule has 0 saturated heterocycles. The van der Waals surface area contributed by atoms with Gasteiger partial charge in [-0.15, -0.1) is 11.3 Å². The summed E-state index contributed by atoms with van der Waals surface area (Å²) in [5, 5.41) is 5.14. The van der Waals surface area contributed by atoms with Crippen molar-refractivity contribution in [2.24, 2.45) is 0 Å². The number of amides is 1. The molecule has 5 heteroatoms. The summed E-state index contributed by atoms with van der Waals surface area (Å²) in [6.07, 6.45) is -0.669. The van der Waals surface area contributed by atoms with Gasteiger partial charge in [-0.2, -0.15) is 0 Å². The highest BCUT2D eigenvalue weighted by atomic mass is 32.1. The Balaban J connectivity index is 1.54. The first-order valence-electron chi connectivity index (χ1n) is 8.49. The third kappa shape index (κ3) is 3.44. The Morgan fingerprint density at radius 3 is 2.58 bits per heavy atom. The molecule has 0 aliphatic carbocycles. The Hall–Kier alpha value is -2.79. The molecule has 0 spiro atoms. The van der Waals surface area contributed by atoms with Crippen LogP contribution in [0.1, 0.15) is 22.0 Å². The third-order valence-electron chi connectivity index (χ3n) is 4.33. The van der Waals surface area contributed by atoms with Crippen LogP contribution in [0.5, 0.6) is 11.5 Å². The molecule has 132 valence electrons. The first kappa shape index (κ1) is 16.7. The van der Waals surface area contributed by atoms with E-state index in [-0.39, 0.29) is 18.6 Å². The maximum atomic E-state index is 12.8. The van der Waals surface area contributed by atoms with Crippen LogP contribution in [0.25, 0.3) is 0 Å². The second kappa shape index (κ2) is 7.22. The van der Waals surface area contributed by atoms with Gasteiger partial charge in [0.1, 0.15) is 6.61 Å². The Kier molecular flexibility index (Phi) is 4.63. The predicted octanol–water partition coefficient (Wildman–Crippen LogP) is 4.10. The van der Waals surface area contributed by atoms with E-state index in [0.29, 0.717) is 11.5 Å². The Labute approximate surface area is 156 Å². The third-order valence-corrected chi connectivity index (χ3v) is 5.26. The van der Waals surface area contributed by atoms with Crippen molar-refractivity contribution in [3.8, 4) is 11.5 Å². The van der Waals surface area contributed by atoms with E-state index in [4.69, 9.17) is 9.47 Å². The molecule has 0 bridgehead atoms. The minimum Gasteiger partial charge on any atom is -0.485 e. The summed E-state index contributed by atoms with van der Waals surface area (Å²) in [5.74, 6) is 1.09. The molecule has 0 saturated carbocycles. The van der Waals surface area contributed by atoms with Crippen LogP contribution in [0, 0.1) is 6.92 Å². The summed E-state index contributed by atoms with van der Waals surface area (Å²) in [4.78, 5) is 13.9. The second-order valence-electron chi connectivity index (χ2n) is 6.23. The largest absolute Gasteiger partial charge is 0.485 e. The molecule has 0 unspecified atom stereocenters. The molecule has 2 aromatic carbocycles. The molecule has 3 aromatic rings. The summed E-state index contributed by atoms with van der Waals surface area (Å²) in [6, 6.07) is 19.4. The number of para-hydroxylation sites is 2. The maximum absolute atomic E-state index is 12.8. The fraction of sp³-hybridized carbons (Fsp3) is 0.190. The van der Waals surface area contributed by atoms with Gasteiger partial charge >= 0.3 is 0 Å². The molecule has 1 aliphatic heterocycles. The van der Waals surface area contributed by atoms with Crippen LogP contribution >= 0.6 is 11.3 Å². The minimum atomic E-state index is -0.669. The van der Waals surface area contributed by atoms with Crippen molar-refractivity contribution in [3.63, 3.8) is 0 Å². The number of aryl methyl sites for hydroxylation is 1. The number of hydrogen-bond donors (Lipinski definition) is 1. The van der Waals surface area contributed by atoms with Crippen molar-refractivity contribution < 1.29 is 14.3 Å². The van der Waals surface area contributed by atoms with Gasteiger partial charge in [-0.25, -0.2) is 0 Å². The molecular weight excluding hydrogens is 346 g/mol. The van der Waals surface area contributed by atoms with Crippen molar-refractivity contribution in [3.05, 3.63) is 82.0 Å². The van der Waals surface area contributed by atoms with Crippen molar-refractivity contribution in [2.45, 2.75) is 19.1 Å². The summed E-state index contributed by atoms with van der Waals surface area (Å²) in [5.41, 5.74) is 2.23. The smallest absolute Gasteiger partial charge is 0.265 e. The SMILES string of the molecule is Cc1ccc([C@H](NC(=O)[C@H]2COc3ccccc3O2)c2cccs2)cc1. The highest BCUT2D eigenvalue weighted by Gasteiger charge is 2.29. The zero-order valence-electron chi connectivity index (χ0n) is 14.3. The van der Waals surface area contributed by atoms with Gasteiger partial charge in [0, 0.05) is 4.88 Å². The molecule has 1 aliphatic rings. The lowest BCUT2D eigenvalue weighted by Gasteiger charge is -2.27. The van der Waals surface area contributed by atoms with E-state index in [9.17, 15) is 4.79 Å². The van der Waals surface area contributed by atoms with Gasteiger partial charge in [-0.1, -0.05) is 48.0 Å². The van der Waals surface area contributed by atoms with Gasteiger partial charge in [-0.3, -0.25) is 4.79 Å². The van der Waals surface area contributed by atoms with E-state index >= 15 is 0 Å². The number of rotatable bonds is 4. The molecular formula is C21H19NO3S. The topological polar surface area (TPSA) is 47.6 Å². The molecule has 1 amide bonds. The summed E-state index contributed by atoms with van der Waals surface area (Å²) >= 11 is 1.62. The van der Waals surface area contributed by atoms with Gasteiger partial charge < -0.3 is 14.8 Å². The molecule has 2 atom stereocenters. The van der Waals surface area contributed by atoms with Gasteiger partial charge in [0.2, 0.25) is 6.10 Å². The summed E-state index contributed by atoms with van der Waals surface area (Å²) < 4.78 is 11.5. The van der Waals surface area contributed by atoms with Crippen LogP contribution in [0.4, 0.5) is 0 Å². The molecule has 0 radical (unpaired) electrons. The zero-order chi connectivity index (χ0) is 17.9. The van der Waals surface area contributed by atoms with Gasteiger partial charge in [0.15, 0.2) is 11.5 Å². The number of ether oxygens (including phenoxy) is 2. The van der Waals surface area contributed by atoms with Crippen molar-refractivity contribution in [1.82, 2.24) is 5.32 Å². The van der Waals surface area contributed by atoms with Gasteiger partial charge in [-0.05, 0) is 36.1 Å². The Morgan fingerprint density at radius 2 is 1.85 bits per heavy atom. The monoisotopic (exact) mass is 365 g/mol. The van der Waals surface area contributed by atoms with E-state index in [2.05, 4.69) is 17.4 Å².